The van der Waals surface area contributed by atoms with Crippen LogP contribution in [-0.4, -0.2) is 18.8 Å². The minimum Gasteiger partial charge on any atom is -0.287 e. The highest BCUT2D eigenvalue weighted by molar-refractivity contribution is 7.48. The monoisotopic (exact) mass is 439 g/mol. The zero-order valence-electron chi connectivity index (χ0n) is 19.5. The van der Waals surface area contributed by atoms with Crippen LogP contribution in [0.4, 0.5) is 0 Å². The molecule has 29 heavy (non-hydrogen) atoms. The van der Waals surface area contributed by atoms with E-state index < -0.39 is 7.82 Å². The van der Waals surface area contributed by atoms with Crippen molar-refractivity contribution in [2.75, 3.05) is 13.2 Å². The molecule has 8 heteroatoms. The van der Waals surface area contributed by atoms with Crippen molar-refractivity contribution in [3.8, 4) is 0 Å². The van der Waals surface area contributed by atoms with Gasteiger partial charge in [0, 0.05) is 5.34 Å². The first kappa shape index (κ1) is 30.7. The van der Waals surface area contributed by atoms with E-state index in [1.165, 1.54) is 0 Å². The zero-order chi connectivity index (χ0) is 22.4. The molecule has 0 saturated carbocycles. The number of hydrogen-bond donors (Lipinski definition) is 1. The lowest BCUT2D eigenvalue weighted by Crippen LogP contribution is -2.53. The predicted molar refractivity (Wildman–Crippen MR) is 119 cm³/mol. The smallest absolute Gasteiger partial charge is 0.287 e. The highest BCUT2D eigenvalue weighted by Crippen LogP contribution is 2.56. The van der Waals surface area contributed by atoms with E-state index in [4.69, 9.17) is 23.7 Å². The van der Waals surface area contributed by atoms with Crippen LogP contribution in [0.25, 0.3) is 0 Å². The number of hydrogen-bond acceptors (Lipinski definition) is 6. The van der Waals surface area contributed by atoms with Gasteiger partial charge in [0.05, 0.1) is 18.8 Å². The van der Waals surface area contributed by atoms with Gasteiger partial charge in [-0.25, -0.2) is 4.57 Å². The zero-order valence-corrected chi connectivity index (χ0v) is 20.4. The SMILES string of the molecule is CCCCOP(=O)(OCCCC)OC(CCCC)(CCCC)CCCC.O=[NH+][O-]. The quantitative estimate of drug-likeness (QED) is 0.108. The van der Waals surface area contributed by atoms with Crippen LogP contribution in [-0.2, 0) is 18.1 Å². The summed E-state index contributed by atoms with van der Waals surface area (Å²) in [6.45, 7) is 11.7. The van der Waals surface area contributed by atoms with Gasteiger partial charge in [0.25, 0.3) is 0 Å². The Morgan fingerprint density at radius 1 is 0.724 bits per heavy atom. The predicted octanol–water partition coefficient (Wildman–Crippen LogP) is 6.39. The average molecular weight is 440 g/mol. The molecule has 0 aliphatic rings. The molecule has 0 atom stereocenters. The first-order valence-electron chi connectivity index (χ1n) is 11.5. The Balaban J connectivity index is 0. The summed E-state index contributed by atoms with van der Waals surface area (Å²) in [7, 11) is -3.52. The Hall–Kier alpha value is -0.490. The molecule has 0 aliphatic heterocycles. The van der Waals surface area contributed by atoms with Gasteiger partial charge in [-0.1, -0.05) is 86.0 Å². The molecule has 0 spiro atoms. The lowest BCUT2D eigenvalue weighted by atomic mass is 9.86. The molecule has 0 unspecified atom stereocenters. The van der Waals surface area contributed by atoms with Gasteiger partial charge in [-0.3, -0.25) is 23.7 Å². The minimum atomic E-state index is -3.52. The third kappa shape index (κ3) is 16.9. The molecule has 0 rings (SSSR count). The van der Waals surface area contributed by atoms with Crippen molar-refractivity contribution in [3.63, 3.8) is 0 Å². The highest BCUT2D eigenvalue weighted by Gasteiger charge is 2.40. The van der Waals surface area contributed by atoms with E-state index >= 15 is 0 Å². The fraction of sp³-hybridized carbons (Fsp3) is 1.00. The van der Waals surface area contributed by atoms with Crippen molar-refractivity contribution < 1.29 is 23.5 Å². The highest BCUT2D eigenvalue weighted by atomic mass is 31.2. The molecule has 0 heterocycles. The second-order valence-corrected chi connectivity index (χ2v) is 9.08. The summed E-state index contributed by atoms with van der Waals surface area (Å²) in [4.78, 5) is 8.12. The van der Waals surface area contributed by atoms with Crippen molar-refractivity contribution in [3.05, 3.63) is 10.1 Å². The number of unbranched alkanes of at least 4 members (excludes halogenated alkanes) is 5. The van der Waals surface area contributed by atoms with Crippen LogP contribution < -0.4 is 5.34 Å². The average Bonchev–Trinajstić information content (AvgIpc) is 2.70. The summed E-state index contributed by atoms with van der Waals surface area (Å²) < 4.78 is 31.2. The van der Waals surface area contributed by atoms with Gasteiger partial charge in [0.1, 0.15) is 0 Å². The van der Waals surface area contributed by atoms with Crippen molar-refractivity contribution in [1.29, 1.82) is 0 Å². The molecule has 176 valence electrons. The molecule has 0 bridgehead atoms. The van der Waals surface area contributed by atoms with Crippen molar-refractivity contribution in [1.82, 2.24) is 0 Å². The molecule has 0 saturated heterocycles. The van der Waals surface area contributed by atoms with E-state index in [0.717, 1.165) is 83.5 Å². The Bertz CT molecular complexity index is 373. The van der Waals surface area contributed by atoms with Gasteiger partial charge in [-0.2, -0.15) is 0 Å². The summed E-state index contributed by atoms with van der Waals surface area (Å²) in [6.07, 6.45) is 13.1. The van der Waals surface area contributed by atoms with E-state index in [0.29, 0.717) is 13.2 Å². The van der Waals surface area contributed by atoms with Crippen LogP contribution >= 0.6 is 7.82 Å². The molecule has 0 fully saturated rings. The number of rotatable bonds is 19. The lowest BCUT2D eigenvalue weighted by Gasteiger charge is -2.36. The molecule has 0 aliphatic carbocycles. The van der Waals surface area contributed by atoms with Gasteiger partial charge < -0.3 is 0 Å². The van der Waals surface area contributed by atoms with Gasteiger partial charge >= 0.3 is 7.82 Å². The summed E-state index contributed by atoms with van der Waals surface area (Å²) in [5.41, 5.74) is -0.379. The number of nitrogens with one attached hydrogen (secondary N) is 1. The number of phosphoric ester groups is 1. The second kappa shape index (κ2) is 20.8. The van der Waals surface area contributed by atoms with E-state index in [1.807, 2.05) is 0 Å². The topological polar surface area (TPSA) is 98.9 Å². The molecule has 0 aromatic heterocycles. The standard InChI is InChI=1S/C21H45O4P.HNO2/c1-6-11-16-21(17-12-7-2,18-13-8-3)25-26(22,23-19-14-9-4)24-20-15-10-5;2-1-3/h6-20H2,1-5H3;1H. The molecule has 1 N–H and O–H groups in total. The van der Waals surface area contributed by atoms with Crippen molar-refractivity contribution in [2.24, 2.45) is 0 Å². The van der Waals surface area contributed by atoms with Crippen LogP contribution in [0.15, 0.2) is 0 Å². The molecular formula is C21H46NO6P. The largest absolute Gasteiger partial charge is 0.475 e. The van der Waals surface area contributed by atoms with Gasteiger partial charge in [-0.15, -0.1) is 0 Å². The fourth-order valence-corrected chi connectivity index (χ4v) is 4.61. The molecular weight excluding hydrogens is 393 g/mol. The molecule has 0 amide bonds. The van der Waals surface area contributed by atoms with E-state index in [1.54, 1.807) is 0 Å². The third-order valence-electron chi connectivity index (χ3n) is 4.76. The van der Waals surface area contributed by atoms with Gasteiger partial charge in [0.2, 0.25) is 0 Å². The van der Waals surface area contributed by atoms with Gasteiger partial charge in [-0.05, 0) is 32.1 Å². The van der Waals surface area contributed by atoms with Crippen molar-refractivity contribution in [2.45, 2.75) is 124 Å². The first-order chi connectivity index (χ1) is 13.9. The second-order valence-electron chi connectivity index (χ2n) is 7.49. The van der Waals surface area contributed by atoms with Crippen LogP contribution in [0.3, 0.4) is 0 Å². The summed E-state index contributed by atoms with van der Waals surface area (Å²) in [5.74, 6) is 0. The maximum atomic E-state index is 13.4. The molecule has 7 nitrogen and oxygen atoms in total. The summed E-state index contributed by atoms with van der Waals surface area (Å²) in [5, 5.41) is 8.38. The Morgan fingerprint density at radius 3 is 1.31 bits per heavy atom. The van der Waals surface area contributed by atoms with Crippen LogP contribution in [0.5, 0.6) is 0 Å². The normalized spacial score (nSPS) is 11.8. The lowest BCUT2D eigenvalue weighted by molar-refractivity contribution is -0.398. The summed E-state index contributed by atoms with van der Waals surface area (Å²) in [6, 6.07) is 0. The molecule has 0 aromatic rings. The van der Waals surface area contributed by atoms with Crippen molar-refractivity contribution >= 4 is 7.82 Å². The summed E-state index contributed by atoms with van der Waals surface area (Å²) >= 11 is 0. The third-order valence-corrected chi connectivity index (χ3v) is 6.37. The van der Waals surface area contributed by atoms with Crippen LogP contribution in [0.1, 0.15) is 118 Å². The van der Waals surface area contributed by atoms with Gasteiger partial charge in [0.15, 0.2) is 0 Å². The molecule has 0 radical (unpaired) electrons. The Morgan fingerprint density at radius 2 is 1.03 bits per heavy atom. The van der Waals surface area contributed by atoms with Crippen LogP contribution in [0.2, 0.25) is 0 Å². The maximum Gasteiger partial charge on any atom is 0.475 e. The molecule has 0 aromatic carbocycles. The Kier molecular flexibility index (Phi) is 22.0. The minimum absolute atomic E-state index is 0.250. The fourth-order valence-electron chi connectivity index (χ4n) is 2.98. The van der Waals surface area contributed by atoms with Crippen LogP contribution in [0, 0.1) is 10.1 Å². The van der Waals surface area contributed by atoms with E-state index in [-0.39, 0.29) is 10.9 Å². The van der Waals surface area contributed by atoms with E-state index in [9.17, 15) is 4.57 Å². The number of phosphoric acid groups is 1. The maximum absolute atomic E-state index is 13.4. The first-order valence-corrected chi connectivity index (χ1v) is 13.0. The van der Waals surface area contributed by atoms with E-state index in [2.05, 4.69) is 34.6 Å². The Labute approximate surface area is 178 Å².